The summed E-state index contributed by atoms with van der Waals surface area (Å²) < 4.78 is 26.2. The molecular formula is C30H55NO9. The van der Waals surface area contributed by atoms with Gasteiger partial charge in [-0.3, -0.25) is 19.2 Å². The number of unbranched alkanes of at least 4 members (excludes halogenated alkanes) is 7. The van der Waals surface area contributed by atoms with Gasteiger partial charge in [-0.25, -0.2) is 0 Å². The molecule has 0 saturated heterocycles. The van der Waals surface area contributed by atoms with Gasteiger partial charge in [0.25, 0.3) is 0 Å². The van der Waals surface area contributed by atoms with Gasteiger partial charge in [-0.2, -0.15) is 0 Å². The summed E-state index contributed by atoms with van der Waals surface area (Å²) in [6.45, 7) is 9.40. The molecule has 0 atom stereocenters. The second-order valence-electron chi connectivity index (χ2n) is 11.0. The molecule has 0 radical (unpaired) electrons. The minimum Gasteiger partial charge on any atom is -0.469 e. The number of carbonyl (C=O) groups is 4. The minimum atomic E-state index is -0.393. The zero-order chi connectivity index (χ0) is 30.0. The molecule has 0 rings (SSSR count). The molecule has 1 N–H and O–H groups in total. The van der Waals surface area contributed by atoms with Crippen molar-refractivity contribution in [3.8, 4) is 0 Å². The Morgan fingerprint density at radius 3 is 1.40 bits per heavy atom. The summed E-state index contributed by atoms with van der Waals surface area (Å²) in [5.41, 5.74) is 0. The van der Waals surface area contributed by atoms with Crippen molar-refractivity contribution < 1.29 is 42.9 Å². The Hall–Kier alpha value is -2.20. The number of methoxy groups -OCH3 is 1. The van der Waals surface area contributed by atoms with Crippen LogP contribution in [0.4, 0.5) is 0 Å². The fraction of sp³-hybridized carbons (Fsp3) is 0.867. The predicted octanol–water partition coefficient (Wildman–Crippen LogP) is 4.76. The van der Waals surface area contributed by atoms with E-state index in [-0.39, 0.29) is 74.9 Å². The molecule has 0 heterocycles. The Balaban J connectivity index is 4.25. The third-order valence-corrected chi connectivity index (χ3v) is 5.82. The SMILES string of the molecule is COC(=O)CCCCCCCCCCC(=O)NC(COCCC(=O)OCC(C)C)COCCC(=O)OCC(C)C. The van der Waals surface area contributed by atoms with Gasteiger partial charge < -0.3 is 29.0 Å². The number of amides is 1. The highest BCUT2D eigenvalue weighted by molar-refractivity contribution is 5.76. The van der Waals surface area contributed by atoms with Crippen molar-refractivity contribution in [3.63, 3.8) is 0 Å². The molecule has 0 unspecified atom stereocenters. The van der Waals surface area contributed by atoms with Crippen LogP contribution in [0.1, 0.15) is 105 Å². The van der Waals surface area contributed by atoms with Crippen molar-refractivity contribution >= 4 is 23.8 Å². The first-order chi connectivity index (χ1) is 19.1. The summed E-state index contributed by atoms with van der Waals surface area (Å²) >= 11 is 0. The van der Waals surface area contributed by atoms with Gasteiger partial charge >= 0.3 is 17.9 Å². The maximum atomic E-state index is 12.5. The Labute approximate surface area is 241 Å². The van der Waals surface area contributed by atoms with Gasteiger partial charge in [0.2, 0.25) is 5.91 Å². The highest BCUT2D eigenvalue weighted by Crippen LogP contribution is 2.11. The van der Waals surface area contributed by atoms with Crippen molar-refractivity contribution in [1.29, 1.82) is 0 Å². The van der Waals surface area contributed by atoms with Gasteiger partial charge in [-0.15, -0.1) is 0 Å². The fourth-order valence-corrected chi connectivity index (χ4v) is 3.57. The normalized spacial score (nSPS) is 11.2. The largest absolute Gasteiger partial charge is 0.469 e. The first-order valence-corrected chi connectivity index (χ1v) is 15.0. The fourth-order valence-electron chi connectivity index (χ4n) is 3.57. The molecule has 10 nitrogen and oxygen atoms in total. The number of carbonyl (C=O) groups excluding carboxylic acids is 4. The summed E-state index contributed by atoms with van der Waals surface area (Å²) in [7, 11) is 1.41. The van der Waals surface area contributed by atoms with E-state index in [0.29, 0.717) is 26.1 Å². The van der Waals surface area contributed by atoms with Crippen LogP contribution in [0, 0.1) is 11.8 Å². The van der Waals surface area contributed by atoms with Crippen LogP contribution in [-0.4, -0.2) is 76.6 Å². The molecule has 0 aromatic carbocycles. The van der Waals surface area contributed by atoms with E-state index in [4.69, 9.17) is 18.9 Å². The van der Waals surface area contributed by atoms with E-state index < -0.39 is 6.04 Å². The average molecular weight is 574 g/mol. The van der Waals surface area contributed by atoms with Crippen LogP contribution in [-0.2, 0) is 42.9 Å². The smallest absolute Gasteiger partial charge is 0.308 e. The molecule has 0 spiro atoms. The Morgan fingerprint density at radius 1 is 0.550 bits per heavy atom. The Morgan fingerprint density at radius 2 is 0.975 bits per heavy atom. The molecule has 0 aliphatic rings. The number of hydrogen-bond acceptors (Lipinski definition) is 9. The molecule has 40 heavy (non-hydrogen) atoms. The quantitative estimate of drug-likeness (QED) is 0.0885. The second-order valence-corrected chi connectivity index (χ2v) is 11.0. The van der Waals surface area contributed by atoms with Gasteiger partial charge in [0.15, 0.2) is 0 Å². The van der Waals surface area contributed by atoms with Crippen LogP contribution < -0.4 is 5.32 Å². The molecule has 0 fully saturated rings. The maximum Gasteiger partial charge on any atom is 0.308 e. The molecule has 0 aromatic heterocycles. The van der Waals surface area contributed by atoms with E-state index in [1.165, 1.54) is 7.11 Å². The van der Waals surface area contributed by atoms with Crippen molar-refractivity contribution in [2.24, 2.45) is 11.8 Å². The number of ether oxygens (including phenoxy) is 5. The molecule has 10 heteroatoms. The van der Waals surface area contributed by atoms with Crippen LogP contribution in [0.3, 0.4) is 0 Å². The van der Waals surface area contributed by atoms with Crippen molar-refractivity contribution in [2.75, 3.05) is 46.8 Å². The maximum absolute atomic E-state index is 12.5. The van der Waals surface area contributed by atoms with E-state index in [1.54, 1.807) is 0 Å². The van der Waals surface area contributed by atoms with E-state index >= 15 is 0 Å². The average Bonchev–Trinajstić information content (AvgIpc) is 2.91. The summed E-state index contributed by atoms with van der Waals surface area (Å²) in [6.07, 6.45) is 9.26. The lowest BCUT2D eigenvalue weighted by Crippen LogP contribution is -2.41. The van der Waals surface area contributed by atoms with Crippen LogP contribution in [0.2, 0.25) is 0 Å². The van der Waals surface area contributed by atoms with Crippen LogP contribution in [0.15, 0.2) is 0 Å². The number of esters is 3. The zero-order valence-corrected chi connectivity index (χ0v) is 25.6. The molecule has 0 aliphatic carbocycles. The first-order valence-electron chi connectivity index (χ1n) is 15.0. The van der Waals surface area contributed by atoms with Crippen LogP contribution in [0.25, 0.3) is 0 Å². The summed E-state index contributed by atoms with van der Waals surface area (Å²) in [5, 5.41) is 2.95. The molecule has 234 valence electrons. The molecule has 0 aromatic rings. The first kappa shape index (κ1) is 37.8. The molecule has 0 bridgehead atoms. The minimum absolute atomic E-state index is 0.0762. The van der Waals surface area contributed by atoms with Crippen molar-refractivity contribution in [1.82, 2.24) is 5.32 Å². The van der Waals surface area contributed by atoms with Crippen molar-refractivity contribution in [3.05, 3.63) is 0 Å². The van der Waals surface area contributed by atoms with Crippen LogP contribution in [0.5, 0.6) is 0 Å². The highest BCUT2D eigenvalue weighted by atomic mass is 16.5. The Kier molecular flexibility index (Phi) is 24.3. The van der Waals surface area contributed by atoms with Gasteiger partial charge in [-0.1, -0.05) is 66.2 Å². The number of nitrogens with one attached hydrogen (secondary N) is 1. The zero-order valence-electron chi connectivity index (χ0n) is 25.6. The highest BCUT2D eigenvalue weighted by Gasteiger charge is 2.15. The lowest BCUT2D eigenvalue weighted by Gasteiger charge is -2.19. The molecule has 1 amide bonds. The van der Waals surface area contributed by atoms with Crippen LogP contribution >= 0.6 is 0 Å². The van der Waals surface area contributed by atoms with E-state index in [9.17, 15) is 19.2 Å². The molecular weight excluding hydrogens is 518 g/mol. The summed E-state index contributed by atoms with van der Waals surface area (Å²) in [6, 6.07) is -0.393. The standard InChI is InChI=1S/C30H55NO9/c1-24(2)20-39-29(34)16-18-37-22-26(23-38-19-17-30(35)40-21-25(3)4)31-27(32)14-12-10-8-6-7-9-11-13-15-28(33)36-5/h24-26H,6-23H2,1-5H3,(H,31,32). The van der Waals surface area contributed by atoms with Gasteiger partial charge in [0, 0.05) is 12.8 Å². The van der Waals surface area contributed by atoms with E-state index in [2.05, 4.69) is 10.1 Å². The van der Waals surface area contributed by atoms with Gasteiger partial charge in [0.05, 0.1) is 65.6 Å². The second kappa shape index (κ2) is 25.7. The predicted molar refractivity (Wildman–Crippen MR) is 153 cm³/mol. The van der Waals surface area contributed by atoms with Gasteiger partial charge in [-0.05, 0) is 24.7 Å². The Bertz CT molecular complexity index is 650. The summed E-state index contributed by atoms with van der Waals surface area (Å²) in [5.74, 6) is -0.310. The lowest BCUT2D eigenvalue weighted by atomic mass is 10.1. The molecule has 0 saturated carbocycles. The van der Waals surface area contributed by atoms with Gasteiger partial charge in [0.1, 0.15) is 0 Å². The number of rotatable bonds is 26. The topological polar surface area (TPSA) is 126 Å². The monoisotopic (exact) mass is 573 g/mol. The molecule has 0 aliphatic heterocycles. The van der Waals surface area contributed by atoms with Crippen molar-refractivity contribution in [2.45, 2.75) is 111 Å². The summed E-state index contributed by atoms with van der Waals surface area (Å²) in [4.78, 5) is 47.2. The number of hydrogen-bond donors (Lipinski definition) is 1. The lowest BCUT2D eigenvalue weighted by molar-refractivity contribution is -0.146. The third kappa shape index (κ3) is 26.0. The van der Waals surface area contributed by atoms with E-state index in [1.807, 2.05) is 27.7 Å². The van der Waals surface area contributed by atoms with E-state index in [0.717, 1.165) is 51.4 Å². The third-order valence-electron chi connectivity index (χ3n) is 5.82.